The van der Waals surface area contributed by atoms with Crippen LogP contribution in [0.15, 0.2) is 18.3 Å². The fourth-order valence-electron chi connectivity index (χ4n) is 2.67. The number of piperidine rings is 1. The van der Waals surface area contributed by atoms with Crippen LogP contribution in [-0.4, -0.2) is 56.2 Å². The third-order valence-electron chi connectivity index (χ3n) is 3.99. The summed E-state index contributed by atoms with van der Waals surface area (Å²) in [4.78, 5) is 15.5. The van der Waals surface area contributed by atoms with Crippen molar-refractivity contribution in [3.63, 3.8) is 0 Å². The maximum absolute atomic E-state index is 12.5. The molecule has 0 aromatic carbocycles. The molecule has 0 bridgehead atoms. The summed E-state index contributed by atoms with van der Waals surface area (Å²) >= 11 is 0. The molecule has 28 heavy (non-hydrogen) atoms. The van der Waals surface area contributed by atoms with E-state index < -0.39 is 34.9 Å². The second-order valence-electron chi connectivity index (χ2n) is 6.18. The van der Waals surface area contributed by atoms with Crippen LogP contribution in [0.5, 0.6) is 5.88 Å². The fourth-order valence-corrected chi connectivity index (χ4v) is 3.95. The van der Waals surface area contributed by atoms with Crippen LogP contribution in [0.3, 0.4) is 0 Å². The number of hydrogen-bond acceptors (Lipinski definition) is 6. The van der Waals surface area contributed by atoms with Gasteiger partial charge in [0, 0.05) is 31.9 Å². The number of aromatic nitrogens is 1. The van der Waals surface area contributed by atoms with E-state index in [1.165, 1.54) is 22.6 Å². The Morgan fingerprint density at radius 1 is 1.43 bits per heavy atom. The summed E-state index contributed by atoms with van der Waals surface area (Å²) in [6.07, 6.45) is -2.19. The smallest absolute Gasteiger partial charge is 0.422 e. The summed E-state index contributed by atoms with van der Waals surface area (Å²) in [6, 6.07) is 2.69. The highest BCUT2D eigenvalue weighted by atomic mass is 32.2. The van der Waals surface area contributed by atoms with Gasteiger partial charge in [-0.1, -0.05) is 0 Å². The summed E-state index contributed by atoms with van der Waals surface area (Å²) in [5.41, 5.74) is 0.384. The molecule has 158 valence electrons. The average Bonchev–Trinajstić information content (AvgIpc) is 2.65. The Balaban J connectivity index is 1.94. The Morgan fingerprint density at radius 3 is 2.86 bits per heavy atom. The Labute approximate surface area is 161 Å². The van der Waals surface area contributed by atoms with Crippen LogP contribution >= 0.6 is 0 Å². The van der Waals surface area contributed by atoms with Gasteiger partial charge in [-0.3, -0.25) is 4.79 Å². The molecule has 0 amide bonds. The number of ether oxygens (including phenoxy) is 2. The normalized spacial score (nSPS) is 18.6. The number of esters is 1. The van der Waals surface area contributed by atoms with Crippen molar-refractivity contribution in [1.82, 2.24) is 14.0 Å². The van der Waals surface area contributed by atoms with Crippen LogP contribution in [0.25, 0.3) is 0 Å². The van der Waals surface area contributed by atoms with Crippen LogP contribution in [0.4, 0.5) is 13.2 Å². The third-order valence-corrected chi connectivity index (χ3v) is 5.51. The van der Waals surface area contributed by atoms with E-state index in [1.807, 2.05) is 0 Å². The van der Waals surface area contributed by atoms with Gasteiger partial charge in [0.2, 0.25) is 5.88 Å². The summed E-state index contributed by atoms with van der Waals surface area (Å²) in [7, 11) is -3.88. The minimum Gasteiger partial charge on any atom is -0.468 e. The maximum Gasteiger partial charge on any atom is 0.422 e. The molecule has 0 unspecified atom stereocenters. The van der Waals surface area contributed by atoms with Crippen LogP contribution in [0, 0.1) is 5.92 Å². The summed E-state index contributed by atoms with van der Waals surface area (Å²) in [5.74, 6) is -1.20. The molecular weight excluding hydrogens is 403 g/mol. The number of carbonyl (C=O) groups excluding carboxylic acids is 1. The van der Waals surface area contributed by atoms with Gasteiger partial charge in [0.25, 0.3) is 10.2 Å². The molecular formula is C16H22F3N3O5S. The number of halogens is 3. The first-order valence-corrected chi connectivity index (χ1v) is 10.1. The topological polar surface area (TPSA) is 97.8 Å². The highest BCUT2D eigenvalue weighted by Gasteiger charge is 2.33. The SMILES string of the molecule is CCOC(=O)[C@@H]1CCCN(S(=O)(=O)NCc2ccnc(OCC(F)(F)F)c2)C1. The zero-order chi connectivity index (χ0) is 20.8. The summed E-state index contributed by atoms with van der Waals surface area (Å²) in [6.45, 7) is 0.539. The number of alkyl halides is 3. The first kappa shape index (κ1) is 22.4. The van der Waals surface area contributed by atoms with Crippen LogP contribution in [-0.2, 0) is 26.3 Å². The van der Waals surface area contributed by atoms with E-state index in [9.17, 15) is 26.4 Å². The molecule has 1 aliphatic heterocycles. The predicted octanol–water partition coefficient (Wildman–Crippen LogP) is 1.63. The number of hydrogen-bond donors (Lipinski definition) is 1. The highest BCUT2D eigenvalue weighted by Crippen LogP contribution is 2.21. The molecule has 12 heteroatoms. The first-order chi connectivity index (χ1) is 13.1. The minimum absolute atomic E-state index is 0.0183. The lowest BCUT2D eigenvalue weighted by atomic mass is 10.0. The van der Waals surface area contributed by atoms with E-state index in [1.54, 1.807) is 6.92 Å². The molecule has 2 heterocycles. The predicted molar refractivity (Wildman–Crippen MR) is 92.5 cm³/mol. The van der Waals surface area contributed by atoms with Gasteiger partial charge < -0.3 is 9.47 Å². The molecule has 1 aliphatic rings. The number of pyridine rings is 1. The molecule has 1 aromatic rings. The Kier molecular flexibility index (Phi) is 7.61. The van der Waals surface area contributed by atoms with Crippen molar-refractivity contribution < 1.29 is 35.9 Å². The van der Waals surface area contributed by atoms with Crippen molar-refractivity contribution >= 4 is 16.2 Å². The van der Waals surface area contributed by atoms with E-state index in [-0.39, 0.29) is 32.1 Å². The van der Waals surface area contributed by atoms with E-state index in [2.05, 4.69) is 14.4 Å². The van der Waals surface area contributed by atoms with Crippen LogP contribution in [0.2, 0.25) is 0 Å². The monoisotopic (exact) mass is 425 g/mol. The van der Waals surface area contributed by atoms with Gasteiger partial charge >= 0.3 is 12.1 Å². The van der Waals surface area contributed by atoms with Crippen LogP contribution in [0.1, 0.15) is 25.3 Å². The molecule has 8 nitrogen and oxygen atoms in total. The molecule has 1 saturated heterocycles. The molecule has 2 rings (SSSR count). The van der Waals surface area contributed by atoms with Gasteiger partial charge in [-0.15, -0.1) is 0 Å². The maximum atomic E-state index is 12.5. The first-order valence-electron chi connectivity index (χ1n) is 8.66. The molecule has 0 aliphatic carbocycles. The number of rotatable bonds is 8. The standard InChI is InChI=1S/C16H22F3N3O5S/c1-2-26-15(23)13-4-3-7-22(10-13)28(24,25)21-9-12-5-6-20-14(8-12)27-11-16(17,18)19/h5-6,8,13,21H,2-4,7,9-11H2,1H3/t13-/m1/s1. The van der Waals surface area contributed by atoms with Gasteiger partial charge in [0.15, 0.2) is 6.61 Å². The zero-order valence-corrected chi connectivity index (χ0v) is 16.1. The Morgan fingerprint density at radius 2 is 2.18 bits per heavy atom. The Bertz CT molecular complexity index is 773. The highest BCUT2D eigenvalue weighted by molar-refractivity contribution is 7.87. The van der Waals surface area contributed by atoms with Gasteiger partial charge in [-0.25, -0.2) is 4.98 Å². The molecule has 0 spiro atoms. The lowest BCUT2D eigenvalue weighted by Crippen LogP contribution is -2.47. The second-order valence-corrected chi connectivity index (χ2v) is 7.94. The largest absolute Gasteiger partial charge is 0.468 e. The molecule has 1 aromatic heterocycles. The van der Waals surface area contributed by atoms with Gasteiger partial charge in [-0.05, 0) is 31.4 Å². The van der Waals surface area contributed by atoms with Gasteiger partial charge in [0.05, 0.1) is 12.5 Å². The number of nitrogens with one attached hydrogen (secondary N) is 1. The van der Waals surface area contributed by atoms with E-state index in [0.717, 1.165) is 0 Å². The molecule has 1 atom stereocenters. The Hall–Kier alpha value is -1.92. The van der Waals surface area contributed by atoms with Crippen molar-refractivity contribution in [2.75, 3.05) is 26.3 Å². The molecule has 0 saturated carbocycles. The molecule has 1 N–H and O–H groups in total. The van der Waals surface area contributed by atoms with E-state index in [4.69, 9.17) is 4.74 Å². The van der Waals surface area contributed by atoms with Gasteiger partial charge in [0.1, 0.15) is 0 Å². The molecule has 0 radical (unpaired) electrons. The second kappa shape index (κ2) is 9.52. The van der Waals surface area contributed by atoms with Crippen molar-refractivity contribution in [2.45, 2.75) is 32.5 Å². The molecule has 1 fully saturated rings. The lowest BCUT2D eigenvalue weighted by Gasteiger charge is -2.30. The third kappa shape index (κ3) is 6.91. The fraction of sp³-hybridized carbons (Fsp3) is 0.625. The van der Waals surface area contributed by atoms with Crippen molar-refractivity contribution in [1.29, 1.82) is 0 Å². The van der Waals surface area contributed by atoms with Crippen molar-refractivity contribution in [2.24, 2.45) is 5.92 Å². The quantitative estimate of drug-likeness (QED) is 0.636. The van der Waals surface area contributed by atoms with Crippen LogP contribution < -0.4 is 9.46 Å². The minimum atomic E-state index is -4.50. The van der Waals surface area contributed by atoms with Gasteiger partial charge in [-0.2, -0.15) is 30.6 Å². The number of carbonyl (C=O) groups is 1. The number of nitrogens with zero attached hydrogens (tertiary/aromatic N) is 2. The van der Waals surface area contributed by atoms with E-state index >= 15 is 0 Å². The zero-order valence-electron chi connectivity index (χ0n) is 15.2. The summed E-state index contributed by atoms with van der Waals surface area (Å²) in [5, 5.41) is 0. The average molecular weight is 425 g/mol. The lowest BCUT2D eigenvalue weighted by molar-refractivity contribution is -0.154. The van der Waals surface area contributed by atoms with Crippen molar-refractivity contribution in [3.05, 3.63) is 23.9 Å². The summed E-state index contributed by atoms with van der Waals surface area (Å²) < 4.78 is 74.6. The van der Waals surface area contributed by atoms with E-state index in [0.29, 0.717) is 18.4 Å². The van der Waals surface area contributed by atoms with Crippen molar-refractivity contribution in [3.8, 4) is 5.88 Å².